The Morgan fingerprint density at radius 1 is 1.00 bits per heavy atom. The number of imide groups is 1. The van der Waals surface area contributed by atoms with Crippen LogP contribution in [0.1, 0.15) is 20.9 Å². The number of methoxy groups -OCH3 is 1. The van der Waals surface area contributed by atoms with Gasteiger partial charge >= 0.3 is 6.03 Å². The molecule has 2 N–H and O–H groups in total. The zero-order valence-electron chi connectivity index (χ0n) is 14.4. The van der Waals surface area contributed by atoms with Gasteiger partial charge in [0.05, 0.1) is 7.11 Å². The summed E-state index contributed by atoms with van der Waals surface area (Å²) in [7, 11) is 1.54. The summed E-state index contributed by atoms with van der Waals surface area (Å²) in [5.74, 6) is 0.102. The van der Waals surface area contributed by atoms with Gasteiger partial charge in [0.25, 0.3) is 5.91 Å². The number of nitrogens with zero attached hydrogens (tertiary/aromatic N) is 2. The highest BCUT2D eigenvalue weighted by Gasteiger charge is 2.12. The lowest BCUT2D eigenvalue weighted by Crippen LogP contribution is -2.34. The summed E-state index contributed by atoms with van der Waals surface area (Å²) in [6.07, 6.45) is 3.70. The average molecular weight is 380 g/mol. The molecule has 1 heterocycles. The second kappa shape index (κ2) is 8.72. The molecule has 27 heavy (non-hydrogen) atoms. The highest BCUT2D eigenvalue weighted by molar-refractivity contribution is 7.16. The van der Waals surface area contributed by atoms with Crippen molar-refractivity contribution in [3.8, 4) is 5.75 Å². The van der Waals surface area contributed by atoms with Crippen LogP contribution in [0.4, 0.5) is 9.93 Å². The van der Waals surface area contributed by atoms with Crippen LogP contribution in [0.3, 0.4) is 0 Å². The minimum absolute atomic E-state index is 0.294. The summed E-state index contributed by atoms with van der Waals surface area (Å²) >= 11 is 1.20. The van der Waals surface area contributed by atoms with Crippen LogP contribution in [-0.2, 0) is 0 Å². The maximum Gasteiger partial charge on any atom is 0.328 e. The van der Waals surface area contributed by atoms with Crippen LogP contribution in [0, 0.1) is 0 Å². The number of ether oxygens (including phenoxy) is 1. The molecule has 136 valence electrons. The van der Waals surface area contributed by atoms with Gasteiger partial charge in [-0.2, -0.15) is 0 Å². The molecule has 0 fully saturated rings. The first-order valence-electron chi connectivity index (χ1n) is 7.97. The molecular weight excluding hydrogens is 364 g/mol. The highest BCUT2D eigenvalue weighted by atomic mass is 32.1. The third kappa shape index (κ3) is 5.23. The van der Waals surface area contributed by atoms with E-state index in [0.717, 1.165) is 5.56 Å². The number of anilines is 1. The predicted molar refractivity (Wildman–Crippen MR) is 105 cm³/mol. The maximum absolute atomic E-state index is 12.1. The van der Waals surface area contributed by atoms with E-state index in [4.69, 9.17) is 4.74 Å². The Labute approximate surface area is 159 Å². The van der Waals surface area contributed by atoms with Crippen LogP contribution in [0.2, 0.25) is 0 Å². The second-order valence-electron chi connectivity index (χ2n) is 5.33. The molecule has 0 saturated heterocycles. The van der Waals surface area contributed by atoms with Crippen molar-refractivity contribution < 1.29 is 14.3 Å². The molecule has 3 amide bonds. The first-order chi connectivity index (χ1) is 13.1. The number of nitrogens with one attached hydrogen (secondary N) is 2. The van der Waals surface area contributed by atoms with Gasteiger partial charge < -0.3 is 4.74 Å². The summed E-state index contributed by atoms with van der Waals surface area (Å²) in [4.78, 5) is 24.0. The van der Waals surface area contributed by atoms with E-state index in [0.29, 0.717) is 21.5 Å². The topological polar surface area (TPSA) is 93.2 Å². The number of aromatic nitrogens is 2. The highest BCUT2D eigenvalue weighted by Crippen LogP contribution is 2.17. The van der Waals surface area contributed by atoms with Crippen LogP contribution in [0.25, 0.3) is 12.2 Å². The lowest BCUT2D eigenvalue weighted by Gasteiger charge is -2.05. The van der Waals surface area contributed by atoms with Crippen molar-refractivity contribution in [2.45, 2.75) is 0 Å². The van der Waals surface area contributed by atoms with E-state index in [2.05, 4.69) is 20.8 Å². The quantitative estimate of drug-likeness (QED) is 0.704. The Morgan fingerprint density at radius 2 is 1.74 bits per heavy atom. The SMILES string of the molecule is COc1ccc(C(=O)NC(=O)Nc2nnc(/C=C/c3ccccc3)s2)cc1. The number of hydrogen-bond acceptors (Lipinski definition) is 6. The normalized spacial score (nSPS) is 10.6. The lowest BCUT2D eigenvalue weighted by atomic mass is 10.2. The maximum atomic E-state index is 12.1. The fraction of sp³-hybridized carbons (Fsp3) is 0.0526. The Bertz CT molecular complexity index is 953. The first kappa shape index (κ1) is 18.3. The van der Waals surface area contributed by atoms with E-state index in [1.807, 2.05) is 36.4 Å². The minimum atomic E-state index is -0.675. The summed E-state index contributed by atoms with van der Waals surface area (Å²) in [5, 5.41) is 13.5. The van der Waals surface area contributed by atoms with Gasteiger partial charge in [-0.05, 0) is 35.9 Å². The second-order valence-corrected chi connectivity index (χ2v) is 6.34. The fourth-order valence-corrected chi connectivity index (χ4v) is 2.77. The number of carbonyl (C=O) groups is 2. The van der Waals surface area contributed by atoms with E-state index >= 15 is 0 Å². The van der Waals surface area contributed by atoms with Crippen molar-refractivity contribution in [1.82, 2.24) is 15.5 Å². The van der Waals surface area contributed by atoms with Crippen molar-refractivity contribution in [2.24, 2.45) is 0 Å². The van der Waals surface area contributed by atoms with Gasteiger partial charge in [-0.3, -0.25) is 15.4 Å². The number of hydrogen-bond donors (Lipinski definition) is 2. The number of amides is 3. The molecule has 3 aromatic rings. The van der Waals surface area contributed by atoms with Gasteiger partial charge in [-0.15, -0.1) is 10.2 Å². The van der Waals surface area contributed by atoms with Gasteiger partial charge in [0.15, 0.2) is 0 Å². The van der Waals surface area contributed by atoms with E-state index < -0.39 is 11.9 Å². The summed E-state index contributed by atoms with van der Waals surface area (Å²) in [6.45, 7) is 0. The molecule has 0 aliphatic carbocycles. The molecule has 1 aromatic heterocycles. The average Bonchev–Trinajstić information content (AvgIpc) is 3.14. The largest absolute Gasteiger partial charge is 0.497 e. The zero-order valence-corrected chi connectivity index (χ0v) is 15.2. The Kier molecular flexibility index (Phi) is 5.91. The number of rotatable bonds is 5. The third-order valence-corrected chi connectivity index (χ3v) is 4.26. The molecular formula is C19H16N4O3S. The molecule has 0 aliphatic heterocycles. The van der Waals surface area contributed by atoms with Gasteiger partial charge in [0.2, 0.25) is 5.13 Å². The molecule has 2 aromatic carbocycles. The van der Waals surface area contributed by atoms with Crippen LogP contribution >= 0.6 is 11.3 Å². The van der Waals surface area contributed by atoms with Crippen molar-refractivity contribution in [3.05, 3.63) is 70.7 Å². The molecule has 0 aliphatic rings. The predicted octanol–water partition coefficient (Wildman–Crippen LogP) is 3.68. The molecule has 0 unspecified atom stereocenters. The van der Waals surface area contributed by atoms with Crippen LogP contribution in [0.15, 0.2) is 54.6 Å². The molecule has 7 nitrogen and oxygen atoms in total. The number of benzene rings is 2. The molecule has 0 radical (unpaired) electrons. The monoisotopic (exact) mass is 380 g/mol. The molecule has 0 saturated carbocycles. The molecule has 0 bridgehead atoms. The zero-order chi connectivity index (χ0) is 19.1. The standard InChI is InChI=1S/C19H16N4O3S/c1-26-15-10-8-14(9-11-15)17(24)20-18(25)21-19-23-22-16(27-19)12-7-13-5-3-2-4-6-13/h2-12H,1H3,(H2,20,21,23,24,25)/b12-7+. The summed E-state index contributed by atoms with van der Waals surface area (Å²) in [5.41, 5.74) is 1.37. The number of carbonyl (C=O) groups excluding carboxylic acids is 2. The van der Waals surface area contributed by atoms with E-state index in [1.165, 1.54) is 18.4 Å². The van der Waals surface area contributed by atoms with Gasteiger partial charge in [0.1, 0.15) is 10.8 Å². The van der Waals surface area contributed by atoms with Crippen molar-refractivity contribution in [3.63, 3.8) is 0 Å². The van der Waals surface area contributed by atoms with Gasteiger partial charge in [0, 0.05) is 5.56 Å². The van der Waals surface area contributed by atoms with Crippen LogP contribution in [-0.4, -0.2) is 29.2 Å². The first-order valence-corrected chi connectivity index (χ1v) is 8.79. The third-order valence-electron chi connectivity index (χ3n) is 3.46. The minimum Gasteiger partial charge on any atom is -0.497 e. The van der Waals surface area contributed by atoms with Crippen molar-refractivity contribution in [2.75, 3.05) is 12.4 Å². The van der Waals surface area contributed by atoms with Crippen LogP contribution in [0.5, 0.6) is 5.75 Å². The molecule has 3 rings (SSSR count). The van der Waals surface area contributed by atoms with Crippen molar-refractivity contribution in [1.29, 1.82) is 0 Å². The van der Waals surface area contributed by atoms with E-state index in [-0.39, 0.29) is 0 Å². The van der Waals surface area contributed by atoms with Gasteiger partial charge in [-0.1, -0.05) is 47.7 Å². The Hall–Kier alpha value is -3.52. The molecule has 0 atom stereocenters. The summed E-state index contributed by atoms with van der Waals surface area (Å²) in [6, 6.07) is 15.5. The van der Waals surface area contributed by atoms with E-state index in [1.54, 1.807) is 30.3 Å². The Morgan fingerprint density at radius 3 is 2.44 bits per heavy atom. The number of urea groups is 1. The molecule has 8 heteroatoms. The van der Waals surface area contributed by atoms with Crippen LogP contribution < -0.4 is 15.4 Å². The Balaban J connectivity index is 1.55. The lowest BCUT2D eigenvalue weighted by molar-refractivity contribution is 0.0967. The van der Waals surface area contributed by atoms with Crippen molar-refractivity contribution >= 4 is 40.6 Å². The van der Waals surface area contributed by atoms with Gasteiger partial charge in [-0.25, -0.2) is 4.79 Å². The summed E-state index contributed by atoms with van der Waals surface area (Å²) < 4.78 is 5.03. The molecule has 0 spiro atoms. The fourth-order valence-electron chi connectivity index (χ4n) is 2.13. The smallest absolute Gasteiger partial charge is 0.328 e. The van der Waals surface area contributed by atoms with E-state index in [9.17, 15) is 9.59 Å².